The van der Waals surface area contributed by atoms with E-state index in [2.05, 4.69) is 12.6 Å². The Morgan fingerprint density at radius 2 is 1.80 bits per heavy atom. The van der Waals surface area contributed by atoms with E-state index in [-0.39, 0.29) is 27.8 Å². The molecule has 0 aromatic heterocycles. The third-order valence-corrected chi connectivity index (χ3v) is 0. The second kappa shape index (κ2) is 5.05. The number of thiol groups is 1. The molecular weight excluding hydrogens is 178 g/mol. The van der Waals surface area contributed by atoms with Gasteiger partial charge in [-0.25, -0.2) is 0 Å². The molecule has 0 aromatic carbocycles. The molecule has 0 bridgehead atoms. The van der Waals surface area contributed by atoms with Crippen LogP contribution in [0.3, 0.4) is 0 Å². The van der Waals surface area contributed by atoms with E-state index in [4.69, 9.17) is 5.73 Å². The largest absolute Gasteiger partial charge is 1.00 e. The van der Waals surface area contributed by atoms with Crippen LogP contribution in [0, 0.1) is 0 Å². The van der Waals surface area contributed by atoms with Crippen LogP contribution in [0.15, 0.2) is 0 Å². The minimum absolute atomic E-state index is 0. The van der Waals surface area contributed by atoms with Crippen LogP contribution in [-0.4, -0.2) is 5.37 Å². The molecule has 0 rings (SSSR count). The molecule has 0 aliphatic rings. The monoisotopic (exact) mass is 184 g/mol. The quantitative estimate of drug-likeness (QED) is 0.315. The summed E-state index contributed by atoms with van der Waals surface area (Å²) in [5.41, 5.74) is 4.98. The van der Waals surface area contributed by atoms with Crippen molar-refractivity contribution in [2.45, 2.75) is 12.3 Å². The molecule has 5 heavy (non-hydrogen) atoms. The molecule has 0 aromatic rings. The van der Waals surface area contributed by atoms with Crippen molar-refractivity contribution in [1.29, 1.82) is 0 Å². The Morgan fingerprint density at radius 3 is 1.80 bits per heavy atom. The third-order valence-electron chi connectivity index (χ3n) is 0. The van der Waals surface area contributed by atoms with E-state index in [1.54, 1.807) is 0 Å². The Labute approximate surface area is 53.2 Å². The van der Waals surface area contributed by atoms with Crippen LogP contribution in [-0.2, 0) is 22.4 Å². The predicted molar refractivity (Wildman–Crippen MR) is 22.6 cm³/mol. The molecule has 0 aliphatic heterocycles. The predicted octanol–water partition coefficient (Wildman–Crippen LogP) is 0.218. The summed E-state index contributed by atoms with van der Waals surface area (Å²) < 4.78 is 0. The fraction of sp³-hybridized carbons (Fsp3) is 1.00. The minimum Gasteiger partial charge on any atom is -0.320 e. The molecule has 3 heteroatoms. The molecule has 1 unspecified atom stereocenters. The summed E-state index contributed by atoms with van der Waals surface area (Å²) in [5.74, 6) is 0. The van der Waals surface area contributed by atoms with Crippen molar-refractivity contribution in [3.63, 3.8) is 0 Å². The molecule has 1 nitrogen and oxygen atoms in total. The molecule has 0 amide bonds. The van der Waals surface area contributed by atoms with Crippen molar-refractivity contribution in [3.8, 4) is 0 Å². The molecule has 0 saturated heterocycles. The summed E-state index contributed by atoms with van der Waals surface area (Å²) >= 11 is 3.74. The standard InChI is InChI=1S/C2H7NS.Ag/c1-2(3)4;/h2,4H,3H2,1H3;/q;+1. The van der Waals surface area contributed by atoms with Gasteiger partial charge >= 0.3 is 22.4 Å². The van der Waals surface area contributed by atoms with E-state index in [1.165, 1.54) is 0 Å². The van der Waals surface area contributed by atoms with E-state index in [0.29, 0.717) is 0 Å². The van der Waals surface area contributed by atoms with Crippen molar-refractivity contribution < 1.29 is 22.4 Å². The summed E-state index contributed by atoms with van der Waals surface area (Å²) in [6.07, 6.45) is 0. The summed E-state index contributed by atoms with van der Waals surface area (Å²) in [6, 6.07) is 0. The van der Waals surface area contributed by atoms with Crippen LogP contribution in [0.2, 0.25) is 0 Å². The topological polar surface area (TPSA) is 26.0 Å². The first kappa shape index (κ1) is 9.41. The zero-order valence-electron chi connectivity index (χ0n) is 2.90. The van der Waals surface area contributed by atoms with Gasteiger partial charge in [-0.3, -0.25) is 0 Å². The fourth-order valence-corrected chi connectivity index (χ4v) is 0. The van der Waals surface area contributed by atoms with Crippen molar-refractivity contribution in [2.24, 2.45) is 5.73 Å². The average Bonchev–Trinajstić information content (AvgIpc) is 0.811. The molecule has 0 radical (unpaired) electrons. The van der Waals surface area contributed by atoms with Crippen LogP contribution in [0.1, 0.15) is 6.92 Å². The zero-order chi connectivity index (χ0) is 3.58. The van der Waals surface area contributed by atoms with Crippen molar-refractivity contribution in [2.75, 3.05) is 0 Å². The van der Waals surface area contributed by atoms with Gasteiger partial charge in [-0.05, 0) is 6.92 Å². The molecule has 36 valence electrons. The summed E-state index contributed by atoms with van der Waals surface area (Å²) in [4.78, 5) is 0. The van der Waals surface area contributed by atoms with Gasteiger partial charge in [-0.15, -0.1) is 0 Å². The Morgan fingerprint density at radius 1 is 1.80 bits per heavy atom. The second-order valence-corrected chi connectivity index (χ2v) is 1.56. The van der Waals surface area contributed by atoms with E-state index in [1.807, 2.05) is 6.92 Å². The van der Waals surface area contributed by atoms with Crippen molar-refractivity contribution in [1.82, 2.24) is 0 Å². The molecule has 0 fully saturated rings. The van der Waals surface area contributed by atoms with Crippen molar-refractivity contribution >= 4 is 12.6 Å². The van der Waals surface area contributed by atoms with Gasteiger partial charge in [0.05, 0.1) is 0 Å². The number of nitrogens with two attached hydrogens (primary N) is 1. The summed E-state index contributed by atoms with van der Waals surface area (Å²) in [6.45, 7) is 1.81. The number of rotatable bonds is 0. The third kappa shape index (κ3) is 42.6. The normalized spacial score (nSPS) is 12.6. The molecular formula is C2H7AgNS+. The van der Waals surface area contributed by atoms with Gasteiger partial charge in [-0.2, -0.15) is 12.6 Å². The Hall–Kier alpha value is 1.05. The van der Waals surface area contributed by atoms with Gasteiger partial charge in [0.15, 0.2) is 0 Å². The van der Waals surface area contributed by atoms with Gasteiger partial charge in [0.25, 0.3) is 0 Å². The SMILES string of the molecule is CC(N)S.[Ag+]. The van der Waals surface area contributed by atoms with Gasteiger partial charge in [-0.1, -0.05) is 0 Å². The molecule has 0 aliphatic carbocycles. The van der Waals surface area contributed by atoms with Crippen molar-refractivity contribution in [3.05, 3.63) is 0 Å². The number of hydrogen-bond donors (Lipinski definition) is 2. The fourth-order valence-electron chi connectivity index (χ4n) is 0. The first-order valence-electron chi connectivity index (χ1n) is 1.17. The second-order valence-electron chi connectivity index (χ2n) is 0.741. The number of hydrogen-bond acceptors (Lipinski definition) is 2. The van der Waals surface area contributed by atoms with Gasteiger partial charge in [0, 0.05) is 5.37 Å². The molecule has 0 saturated carbocycles. The Balaban J connectivity index is 0. The van der Waals surface area contributed by atoms with Crippen LogP contribution < -0.4 is 5.73 Å². The van der Waals surface area contributed by atoms with E-state index >= 15 is 0 Å². The molecule has 1 atom stereocenters. The maximum atomic E-state index is 4.98. The zero-order valence-corrected chi connectivity index (χ0v) is 5.28. The average molecular weight is 185 g/mol. The van der Waals surface area contributed by atoms with Gasteiger partial charge in [0.1, 0.15) is 0 Å². The van der Waals surface area contributed by atoms with Gasteiger partial charge in [0.2, 0.25) is 0 Å². The first-order valence-corrected chi connectivity index (χ1v) is 1.69. The van der Waals surface area contributed by atoms with E-state index in [0.717, 1.165) is 0 Å². The molecule has 2 N–H and O–H groups in total. The smallest absolute Gasteiger partial charge is 0.320 e. The Bertz CT molecular complexity index is 14.4. The molecule has 0 heterocycles. The van der Waals surface area contributed by atoms with Crippen LogP contribution in [0.4, 0.5) is 0 Å². The summed E-state index contributed by atoms with van der Waals surface area (Å²) in [5, 5.41) is 0.0278. The van der Waals surface area contributed by atoms with Crippen LogP contribution >= 0.6 is 12.6 Å². The maximum Gasteiger partial charge on any atom is 1.00 e. The van der Waals surface area contributed by atoms with E-state index in [9.17, 15) is 0 Å². The van der Waals surface area contributed by atoms with E-state index < -0.39 is 0 Å². The Kier molecular flexibility index (Phi) is 9.50. The van der Waals surface area contributed by atoms with Crippen LogP contribution in [0.25, 0.3) is 0 Å². The molecule has 0 spiro atoms. The maximum absolute atomic E-state index is 4.98. The summed E-state index contributed by atoms with van der Waals surface area (Å²) in [7, 11) is 0. The van der Waals surface area contributed by atoms with Crippen LogP contribution in [0.5, 0.6) is 0 Å². The van der Waals surface area contributed by atoms with Gasteiger partial charge < -0.3 is 5.73 Å². The minimum atomic E-state index is 0. The first-order chi connectivity index (χ1) is 1.73.